The van der Waals surface area contributed by atoms with E-state index in [0.29, 0.717) is 27.2 Å². The lowest BCUT2D eigenvalue weighted by Gasteiger charge is -2.11. The lowest BCUT2D eigenvalue weighted by atomic mass is 10.3. The molecular formula is C15H13Cl2NO3. The van der Waals surface area contributed by atoms with Crippen LogP contribution in [-0.2, 0) is 4.79 Å². The lowest BCUT2D eigenvalue weighted by molar-refractivity contribution is -0.118. The Bertz CT molecular complexity index is 629. The molecule has 0 spiro atoms. The standard InChI is InChI=1S/C15H13Cl2NO3/c1-20-14-8-11(17)4-7-13(14)18-15(19)9-21-12-5-2-10(16)3-6-12/h2-8H,9H2,1H3,(H,18,19). The van der Waals surface area contributed by atoms with Crippen molar-refractivity contribution in [2.45, 2.75) is 0 Å². The number of hydrogen-bond acceptors (Lipinski definition) is 3. The average molecular weight is 326 g/mol. The zero-order valence-electron chi connectivity index (χ0n) is 11.2. The van der Waals surface area contributed by atoms with Gasteiger partial charge in [0.15, 0.2) is 6.61 Å². The van der Waals surface area contributed by atoms with Crippen molar-refractivity contribution in [3.05, 3.63) is 52.5 Å². The number of carbonyl (C=O) groups is 1. The third-order valence-electron chi connectivity index (χ3n) is 2.62. The van der Waals surface area contributed by atoms with Crippen LogP contribution in [0.25, 0.3) is 0 Å². The van der Waals surface area contributed by atoms with Crippen LogP contribution < -0.4 is 14.8 Å². The minimum absolute atomic E-state index is 0.118. The van der Waals surface area contributed by atoms with Gasteiger partial charge in [0.2, 0.25) is 0 Å². The van der Waals surface area contributed by atoms with Gasteiger partial charge in [0.25, 0.3) is 5.91 Å². The van der Waals surface area contributed by atoms with Gasteiger partial charge in [0.1, 0.15) is 11.5 Å². The van der Waals surface area contributed by atoms with Gasteiger partial charge in [-0.2, -0.15) is 0 Å². The molecule has 110 valence electrons. The summed E-state index contributed by atoms with van der Waals surface area (Å²) in [6, 6.07) is 11.7. The number of ether oxygens (including phenoxy) is 2. The molecule has 0 radical (unpaired) electrons. The molecule has 2 aromatic rings. The highest BCUT2D eigenvalue weighted by Gasteiger charge is 2.09. The Labute approximate surface area is 132 Å². The van der Waals surface area contributed by atoms with E-state index in [1.165, 1.54) is 7.11 Å². The first-order chi connectivity index (χ1) is 10.1. The summed E-state index contributed by atoms with van der Waals surface area (Å²) in [6.45, 7) is -0.118. The second-order valence-corrected chi connectivity index (χ2v) is 5.01. The SMILES string of the molecule is COc1cc(Cl)ccc1NC(=O)COc1ccc(Cl)cc1. The summed E-state index contributed by atoms with van der Waals surface area (Å²) in [5, 5.41) is 3.84. The highest BCUT2D eigenvalue weighted by molar-refractivity contribution is 6.31. The Morgan fingerprint density at radius 3 is 2.43 bits per heavy atom. The molecule has 0 aromatic heterocycles. The second-order valence-electron chi connectivity index (χ2n) is 4.14. The van der Waals surface area contributed by atoms with Gasteiger partial charge in [0, 0.05) is 16.1 Å². The van der Waals surface area contributed by atoms with Crippen molar-refractivity contribution in [3.8, 4) is 11.5 Å². The minimum Gasteiger partial charge on any atom is -0.495 e. The summed E-state index contributed by atoms with van der Waals surface area (Å²) in [6.07, 6.45) is 0. The number of rotatable bonds is 5. The van der Waals surface area contributed by atoms with Crippen molar-refractivity contribution in [2.75, 3.05) is 19.0 Å². The van der Waals surface area contributed by atoms with Crippen molar-refractivity contribution in [1.29, 1.82) is 0 Å². The van der Waals surface area contributed by atoms with Crippen LogP contribution in [0.4, 0.5) is 5.69 Å². The fourth-order valence-corrected chi connectivity index (χ4v) is 1.92. The number of benzene rings is 2. The van der Waals surface area contributed by atoms with Gasteiger partial charge in [0.05, 0.1) is 12.8 Å². The molecule has 0 heterocycles. The summed E-state index contributed by atoms with van der Waals surface area (Å²) in [5.74, 6) is 0.755. The van der Waals surface area contributed by atoms with E-state index in [4.69, 9.17) is 32.7 Å². The van der Waals surface area contributed by atoms with Crippen LogP contribution in [0.2, 0.25) is 10.0 Å². The van der Waals surface area contributed by atoms with E-state index in [2.05, 4.69) is 5.32 Å². The Hall–Kier alpha value is -1.91. The third kappa shape index (κ3) is 4.55. The van der Waals surface area contributed by atoms with Crippen LogP contribution in [0.1, 0.15) is 0 Å². The number of hydrogen-bond donors (Lipinski definition) is 1. The van der Waals surface area contributed by atoms with E-state index in [0.717, 1.165) is 0 Å². The number of carbonyl (C=O) groups excluding carboxylic acids is 1. The molecule has 0 saturated carbocycles. The molecule has 2 rings (SSSR count). The summed E-state index contributed by atoms with van der Waals surface area (Å²) < 4.78 is 10.5. The predicted octanol–water partition coefficient (Wildman–Crippen LogP) is 4.02. The van der Waals surface area contributed by atoms with E-state index in [1.807, 2.05) is 0 Å². The zero-order chi connectivity index (χ0) is 15.2. The first-order valence-corrected chi connectivity index (χ1v) is 6.86. The smallest absolute Gasteiger partial charge is 0.262 e. The summed E-state index contributed by atoms with van der Waals surface area (Å²) >= 11 is 11.6. The first-order valence-electron chi connectivity index (χ1n) is 6.10. The summed E-state index contributed by atoms with van der Waals surface area (Å²) in [7, 11) is 1.51. The lowest BCUT2D eigenvalue weighted by Crippen LogP contribution is -2.20. The third-order valence-corrected chi connectivity index (χ3v) is 3.11. The van der Waals surface area contributed by atoms with Gasteiger partial charge in [-0.25, -0.2) is 0 Å². The first kappa shape index (κ1) is 15.5. The van der Waals surface area contributed by atoms with Gasteiger partial charge in [-0.15, -0.1) is 0 Å². The monoisotopic (exact) mass is 325 g/mol. The molecule has 21 heavy (non-hydrogen) atoms. The van der Waals surface area contributed by atoms with E-state index in [-0.39, 0.29) is 12.5 Å². The van der Waals surface area contributed by atoms with Crippen molar-refractivity contribution in [1.82, 2.24) is 0 Å². The Balaban J connectivity index is 1.94. The van der Waals surface area contributed by atoms with E-state index in [1.54, 1.807) is 42.5 Å². The minimum atomic E-state index is -0.300. The molecule has 0 unspecified atom stereocenters. The fraction of sp³-hybridized carbons (Fsp3) is 0.133. The Morgan fingerprint density at radius 1 is 1.10 bits per heavy atom. The Kier molecular flexibility index (Phi) is 5.31. The van der Waals surface area contributed by atoms with Crippen molar-refractivity contribution < 1.29 is 14.3 Å². The zero-order valence-corrected chi connectivity index (χ0v) is 12.7. The van der Waals surface area contributed by atoms with Crippen molar-refractivity contribution in [2.24, 2.45) is 0 Å². The molecule has 6 heteroatoms. The molecule has 0 atom stereocenters. The number of methoxy groups -OCH3 is 1. The molecule has 1 amide bonds. The van der Waals surface area contributed by atoms with Crippen LogP contribution in [0.5, 0.6) is 11.5 Å². The van der Waals surface area contributed by atoms with E-state index in [9.17, 15) is 4.79 Å². The van der Waals surface area contributed by atoms with Crippen molar-refractivity contribution >= 4 is 34.8 Å². The molecule has 2 aromatic carbocycles. The van der Waals surface area contributed by atoms with Crippen LogP contribution in [0.15, 0.2) is 42.5 Å². The number of anilines is 1. The highest BCUT2D eigenvalue weighted by atomic mass is 35.5. The Morgan fingerprint density at radius 2 is 1.76 bits per heavy atom. The molecule has 1 N–H and O–H groups in total. The van der Waals surface area contributed by atoms with Crippen LogP contribution in [0, 0.1) is 0 Å². The quantitative estimate of drug-likeness (QED) is 0.903. The summed E-state index contributed by atoms with van der Waals surface area (Å²) in [4.78, 5) is 11.9. The molecule has 0 saturated heterocycles. The van der Waals surface area contributed by atoms with Gasteiger partial charge >= 0.3 is 0 Å². The molecule has 0 fully saturated rings. The maximum atomic E-state index is 11.9. The molecule has 0 aliphatic carbocycles. The van der Waals surface area contributed by atoms with E-state index >= 15 is 0 Å². The topological polar surface area (TPSA) is 47.6 Å². The van der Waals surface area contributed by atoms with Gasteiger partial charge in [-0.3, -0.25) is 4.79 Å². The van der Waals surface area contributed by atoms with Gasteiger partial charge in [-0.05, 0) is 36.4 Å². The largest absolute Gasteiger partial charge is 0.495 e. The maximum Gasteiger partial charge on any atom is 0.262 e. The fourth-order valence-electron chi connectivity index (χ4n) is 1.63. The number of amides is 1. The maximum absolute atomic E-state index is 11.9. The highest BCUT2D eigenvalue weighted by Crippen LogP contribution is 2.27. The van der Waals surface area contributed by atoms with E-state index < -0.39 is 0 Å². The molecule has 0 aliphatic rings. The molecule has 4 nitrogen and oxygen atoms in total. The molecule has 0 aliphatic heterocycles. The van der Waals surface area contributed by atoms with Crippen molar-refractivity contribution in [3.63, 3.8) is 0 Å². The molecule has 0 bridgehead atoms. The van der Waals surface area contributed by atoms with Crippen LogP contribution in [-0.4, -0.2) is 19.6 Å². The summed E-state index contributed by atoms with van der Waals surface area (Å²) in [5.41, 5.74) is 0.534. The van der Waals surface area contributed by atoms with Crippen LogP contribution >= 0.6 is 23.2 Å². The van der Waals surface area contributed by atoms with Gasteiger partial charge < -0.3 is 14.8 Å². The number of halogens is 2. The number of nitrogens with one attached hydrogen (secondary N) is 1. The van der Waals surface area contributed by atoms with Crippen LogP contribution in [0.3, 0.4) is 0 Å². The second kappa shape index (κ2) is 7.20. The van der Waals surface area contributed by atoms with Gasteiger partial charge in [-0.1, -0.05) is 23.2 Å². The normalized spacial score (nSPS) is 10.0. The average Bonchev–Trinajstić information content (AvgIpc) is 2.48. The molecular weight excluding hydrogens is 313 g/mol. The predicted molar refractivity (Wildman–Crippen MR) is 83.6 cm³/mol.